The number of hydrogen-bond donors (Lipinski definition) is 0. The van der Waals surface area contributed by atoms with E-state index in [-0.39, 0.29) is 5.97 Å². The molecule has 0 saturated heterocycles. The van der Waals surface area contributed by atoms with Crippen LogP contribution in [0.2, 0.25) is 5.02 Å². The second kappa shape index (κ2) is 12.0. The zero-order chi connectivity index (χ0) is 25.5. The van der Waals surface area contributed by atoms with Gasteiger partial charge in [-0.05, 0) is 60.7 Å². The highest BCUT2D eigenvalue weighted by atomic mass is 35.5. The summed E-state index contributed by atoms with van der Waals surface area (Å²) in [5, 5.41) is 5.23. The van der Waals surface area contributed by atoms with E-state index in [9.17, 15) is 4.79 Å². The fourth-order valence-corrected chi connectivity index (χ4v) is 4.33. The van der Waals surface area contributed by atoms with Crippen LogP contribution < -0.4 is 9.47 Å². The van der Waals surface area contributed by atoms with Gasteiger partial charge in [0.05, 0.1) is 36.5 Å². The molecule has 0 radical (unpaired) electrons. The van der Waals surface area contributed by atoms with Crippen molar-refractivity contribution in [3.63, 3.8) is 0 Å². The van der Waals surface area contributed by atoms with E-state index >= 15 is 0 Å². The van der Waals surface area contributed by atoms with Gasteiger partial charge in [-0.2, -0.15) is 5.10 Å². The molecule has 0 aliphatic carbocycles. The average Bonchev–Trinajstić information content (AvgIpc) is 3.32. The van der Waals surface area contributed by atoms with Crippen LogP contribution in [0.5, 0.6) is 11.6 Å². The molecule has 4 rings (SSSR count). The predicted molar refractivity (Wildman–Crippen MR) is 144 cm³/mol. The zero-order valence-electron chi connectivity index (χ0n) is 20.4. The Labute approximate surface area is 220 Å². The lowest BCUT2D eigenvalue weighted by Crippen LogP contribution is -2.11. The van der Waals surface area contributed by atoms with Gasteiger partial charge in [0.15, 0.2) is 0 Å². The second-order valence-corrected chi connectivity index (χ2v) is 9.10. The van der Waals surface area contributed by atoms with Crippen LogP contribution in [0.15, 0.2) is 77.7 Å². The molecule has 8 heteroatoms. The molecule has 0 unspecified atom stereocenters. The molecule has 0 N–H and O–H groups in total. The number of methoxy groups -OCH3 is 1. The molecular weight excluding hydrogens is 496 g/mol. The van der Waals surface area contributed by atoms with Gasteiger partial charge in [0.2, 0.25) is 5.88 Å². The van der Waals surface area contributed by atoms with Crippen LogP contribution in [0.25, 0.3) is 22.4 Å². The van der Waals surface area contributed by atoms with Crippen molar-refractivity contribution in [2.45, 2.75) is 18.4 Å². The number of rotatable bonds is 10. The molecule has 186 valence electrons. The molecule has 0 bridgehead atoms. The molecule has 6 nitrogen and oxygen atoms in total. The van der Waals surface area contributed by atoms with Gasteiger partial charge in [-0.25, -0.2) is 9.48 Å². The van der Waals surface area contributed by atoms with Crippen LogP contribution in [0, 0.1) is 0 Å². The second-order valence-electron chi connectivity index (χ2n) is 7.82. The van der Waals surface area contributed by atoms with Gasteiger partial charge in [-0.1, -0.05) is 41.9 Å². The van der Waals surface area contributed by atoms with Crippen LogP contribution in [-0.4, -0.2) is 42.3 Å². The molecular formula is C28H27ClN2O4S. The number of carbonyl (C=O) groups excluding carboxylic acids is 1. The Balaban J connectivity index is 1.43. The Hall–Kier alpha value is -3.42. The van der Waals surface area contributed by atoms with Gasteiger partial charge >= 0.3 is 5.97 Å². The van der Waals surface area contributed by atoms with Crippen molar-refractivity contribution in [2.75, 3.05) is 26.6 Å². The van der Waals surface area contributed by atoms with Gasteiger partial charge in [-0.3, -0.25) is 0 Å². The van der Waals surface area contributed by atoms with E-state index in [0.29, 0.717) is 42.0 Å². The molecule has 4 aromatic rings. The number of halogens is 1. The number of carbonyl (C=O) groups is 1. The highest BCUT2D eigenvalue weighted by Gasteiger charge is 2.13. The van der Waals surface area contributed by atoms with E-state index in [2.05, 4.69) is 35.6 Å². The summed E-state index contributed by atoms with van der Waals surface area (Å²) in [7, 11) is 1.36. The molecule has 0 amide bonds. The first-order chi connectivity index (χ1) is 17.5. The monoisotopic (exact) mass is 522 g/mol. The number of nitrogens with zero attached hydrogens (tertiary/aromatic N) is 2. The Morgan fingerprint density at radius 3 is 2.28 bits per heavy atom. The van der Waals surface area contributed by atoms with Crippen molar-refractivity contribution < 1.29 is 19.0 Å². The van der Waals surface area contributed by atoms with Crippen LogP contribution in [0.4, 0.5) is 0 Å². The first kappa shape index (κ1) is 25.7. The topological polar surface area (TPSA) is 62.6 Å². The largest absolute Gasteiger partial charge is 0.490 e. The highest BCUT2D eigenvalue weighted by molar-refractivity contribution is 7.98. The number of thioether (sulfide) groups is 1. The van der Waals surface area contributed by atoms with Crippen LogP contribution in [0.3, 0.4) is 0 Å². The van der Waals surface area contributed by atoms with Crippen LogP contribution in [0.1, 0.15) is 17.3 Å². The molecule has 1 aromatic heterocycles. The number of hydrogen-bond acceptors (Lipinski definition) is 6. The van der Waals surface area contributed by atoms with Gasteiger partial charge in [0.25, 0.3) is 0 Å². The van der Waals surface area contributed by atoms with E-state index in [1.54, 1.807) is 28.6 Å². The normalized spacial score (nSPS) is 10.8. The van der Waals surface area contributed by atoms with E-state index in [0.717, 1.165) is 22.4 Å². The zero-order valence-corrected chi connectivity index (χ0v) is 21.9. The Kier molecular flexibility index (Phi) is 8.57. The molecule has 1 heterocycles. The third kappa shape index (κ3) is 6.04. The highest BCUT2D eigenvalue weighted by Crippen LogP contribution is 2.31. The molecule has 0 saturated carbocycles. The first-order valence-electron chi connectivity index (χ1n) is 11.5. The lowest BCUT2D eigenvalue weighted by Gasteiger charge is -2.11. The summed E-state index contributed by atoms with van der Waals surface area (Å²) in [6.45, 7) is 3.28. The minimum Gasteiger partial charge on any atom is -0.490 e. The average molecular weight is 523 g/mol. The molecule has 0 aliphatic heterocycles. The van der Waals surface area contributed by atoms with Gasteiger partial charge in [0.1, 0.15) is 12.4 Å². The number of aromatic nitrogens is 2. The number of esters is 1. The van der Waals surface area contributed by atoms with Crippen molar-refractivity contribution in [1.29, 1.82) is 0 Å². The number of ether oxygens (including phenoxy) is 3. The fourth-order valence-electron chi connectivity index (χ4n) is 3.68. The summed E-state index contributed by atoms with van der Waals surface area (Å²) in [4.78, 5) is 12.9. The third-order valence-corrected chi connectivity index (χ3v) is 6.59. The van der Waals surface area contributed by atoms with Crippen molar-refractivity contribution in [2.24, 2.45) is 0 Å². The maximum Gasteiger partial charge on any atom is 0.337 e. The SMILES string of the molecule is CCOc1cc(-c2ccc(C(=O)OC)cc2)nn1CCOc1ccc(-c2ccc(SC)cc2)cc1Cl. The van der Waals surface area contributed by atoms with E-state index in [1.807, 2.05) is 43.3 Å². The molecule has 36 heavy (non-hydrogen) atoms. The number of benzene rings is 3. The smallest absolute Gasteiger partial charge is 0.337 e. The van der Waals surface area contributed by atoms with E-state index in [4.69, 9.17) is 25.8 Å². The lowest BCUT2D eigenvalue weighted by molar-refractivity contribution is 0.0600. The fraction of sp³-hybridized carbons (Fsp3) is 0.214. The van der Waals surface area contributed by atoms with Crippen molar-refractivity contribution in [3.05, 3.63) is 83.4 Å². The van der Waals surface area contributed by atoms with Gasteiger partial charge in [-0.15, -0.1) is 11.8 Å². The van der Waals surface area contributed by atoms with Crippen LogP contribution in [-0.2, 0) is 11.3 Å². The maximum atomic E-state index is 11.7. The summed E-state index contributed by atoms with van der Waals surface area (Å²) in [6.07, 6.45) is 2.06. The maximum absolute atomic E-state index is 11.7. The van der Waals surface area contributed by atoms with E-state index < -0.39 is 0 Å². The summed E-state index contributed by atoms with van der Waals surface area (Å²) in [5.74, 6) is 0.882. The Morgan fingerprint density at radius 1 is 0.944 bits per heavy atom. The van der Waals surface area contributed by atoms with Gasteiger partial charge in [0, 0.05) is 16.5 Å². The lowest BCUT2D eigenvalue weighted by atomic mass is 10.1. The molecule has 0 spiro atoms. The standard InChI is InChI=1S/C28H27ClN2O4S/c1-4-34-27-18-25(20-5-7-21(8-6-20)28(32)33-2)30-31(27)15-16-35-26-14-11-22(17-24(26)29)19-9-12-23(36-3)13-10-19/h5-14,17-18H,4,15-16H2,1-3H3. The summed E-state index contributed by atoms with van der Waals surface area (Å²) < 4.78 is 18.3. The molecule has 0 atom stereocenters. The molecule has 3 aromatic carbocycles. The first-order valence-corrected chi connectivity index (χ1v) is 13.1. The van der Waals surface area contributed by atoms with Crippen molar-refractivity contribution in [1.82, 2.24) is 9.78 Å². The molecule has 0 aliphatic rings. The quantitative estimate of drug-likeness (QED) is 0.167. The Bertz CT molecular complexity index is 1320. The summed E-state index contributed by atoms with van der Waals surface area (Å²) in [6, 6.07) is 23.2. The minimum atomic E-state index is -0.376. The van der Waals surface area contributed by atoms with Crippen LogP contribution >= 0.6 is 23.4 Å². The van der Waals surface area contributed by atoms with E-state index in [1.165, 1.54) is 12.0 Å². The summed E-state index contributed by atoms with van der Waals surface area (Å²) in [5.41, 5.74) is 4.23. The predicted octanol–water partition coefficient (Wildman–Crippen LogP) is 6.86. The molecule has 0 fully saturated rings. The van der Waals surface area contributed by atoms with Crippen molar-refractivity contribution in [3.8, 4) is 34.0 Å². The van der Waals surface area contributed by atoms with Gasteiger partial charge < -0.3 is 14.2 Å². The summed E-state index contributed by atoms with van der Waals surface area (Å²) >= 11 is 8.23. The Morgan fingerprint density at radius 2 is 1.64 bits per heavy atom. The minimum absolute atomic E-state index is 0.365. The van der Waals surface area contributed by atoms with Crippen molar-refractivity contribution >= 4 is 29.3 Å². The third-order valence-electron chi connectivity index (χ3n) is 5.55.